The summed E-state index contributed by atoms with van der Waals surface area (Å²) in [5, 5.41) is 11.3. The Morgan fingerprint density at radius 3 is 2.47 bits per heavy atom. The predicted octanol–water partition coefficient (Wildman–Crippen LogP) is 1.89. The van der Waals surface area contributed by atoms with E-state index in [1.54, 1.807) is 11.1 Å². The smallest absolute Gasteiger partial charge is 0.274 e. The van der Waals surface area contributed by atoms with Crippen LogP contribution in [0.1, 0.15) is 77.5 Å². The average Bonchev–Trinajstić information content (AvgIpc) is 3.09. The lowest BCUT2D eigenvalue weighted by atomic mass is 9.96. The number of carbonyl (C=O) groups excluding carboxylic acids is 2. The van der Waals surface area contributed by atoms with Crippen molar-refractivity contribution in [3.63, 3.8) is 0 Å². The molecule has 2 aromatic heterocycles. The molecule has 2 amide bonds. The van der Waals surface area contributed by atoms with Crippen molar-refractivity contribution in [3.8, 4) is 0 Å². The minimum Gasteiger partial charge on any atom is -0.339 e. The summed E-state index contributed by atoms with van der Waals surface area (Å²) in [7, 11) is 1.53. The molecule has 2 fully saturated rings. The van der Waals surface area contributed by atoms with Gasteiger partial charge in [0.25, 0.3) is 17.4 Å². The van der Waals surface area contributed by atoms with Crippen molar-refractivity contribution in [2.45, 2.75) is 51.0 Å². The van der Waals surface area contributed by atoms with Crippen LogP contribution in [0.3, 0.4) is 0 Å². The summed E-state index contributed by atoms with van der Waals surface area (Å²) in [6.45, 7) is 2.10. The molecule has 9 heteroatoms. The summed E-state index contributed by atoms with van der Waals surface area (Å²) in [5.41, 5.74) is 1.21. The maximum absolute atomic E-state index is 13.2. The van der Waals surface area contributed by atoms with E-state index in [1.165, 1.54) is 19.2 Å². The molecule has 1 atom stereocenters. The molecule has 4 rings (SSSR count). The second-order valence-corrected chi connectivity index (χ2v) is 8.09. The normalized spacial score (nSPS) is 20.1. The Hall–Kier alpha value is -2.97. The quantitative estimate of drug-likeness (QED) is 0.829. The lowest BCUT2D eigenvalue weighted by Crippen LogP contribution is -2.41. The van der Waals surface area contributed by atoms with Gasteiger partial charge in [0.1, 0.15) is 5.69 Å². The number of hydrogen-bond donors (Lipinski definition) is 1. The molecule has 2 aliphatic heterocycles. The molecule has 2 aliphatic rings. The van der Waals surface area contributed by atoms with Gasteiger partial charge >= 0.3 is 0 Å². The molecular weight excluding hydrogens is 384 g/mol. The number of hydrogen-bond acceptors (Lipinski definition) is 5. The number of aromatic amines is 1. The summed E-state index contributed by atoms with van der Waals surface area (Å²) in [5.74, 6) is -0.253. The number of likely N-dealkylation sites (tertiary alicyclic amines) is 2. The van der Waals surface area contributed by atoms with Crippen molar-refractivity contribution >= 4 is 11.8 Å². The summed E-state index contributed by atoms with van der Waals surface area (Å²) in [6, 6.07) is 2.55. The van der Waals surface area contributed by atoms with Crippen molar-refractivity contribution in [1.82, 2.24) is 29.8 Å². The average molecular weight is 412 g/mol. The van der Waals surface area contributed by atoms with E-state index in [9.17, 15) is 14.4 Å². The van der Waals surface area contributed by atoms with E-state index >= 15 is 0 Å². The van der Waals surface area contributed by atoms with Gasteiger partial charge in [-0.2, -0.15) is 10.2 Å². The van der Waals surface area contributed by atoms with Crippen molar-refractivity contribution in [3.05, 3.63) is 45.6 Å². The van der Waals surface area contributed by atoms with Crippen LogP contribution in [0.2, 0.25) is 0 Å². The van der Waals surface area contributed by atoms with Gasteiger partial charge in [-0.15, -0.1) is 0 Å². The number of rotatable bonds is 3. The van der Waals surface area contributed by atoms with Crippen molar-refractivity contribution in [2.24, 2.45) is 7.05 Å². The van der Waals surface area contributed by atoms with Gasteiger partial charge in [-0.3, -0.25) is 19.5 Å². The summed E-state index contributed by atoms with van der Waals surface area (Å²) >= 11 is 0. The Bertz CT molecular complexity index is 973. The van der Waals surface area contributed by atoms with Gasteiger partial charge in [-0.1, -0.05) is 12.8 Å². The van der Waals surface area contributed by atoms with Gasteiger partial charge in [0.05, 0.1) is 23.5 Å². The third-order valence-electron chi connectivity index (χ3n) is 6.07. The first-order chi connectivity index (χ1) is 14.6. The number of nitrogens with one attached hydrogen (secondary N) is 1. The highest BCUT2D eigenvalue weighted by Crippen LogP contribution is 2.33. The Kier molecular flexibility index (Phi) is 5.96. The summed E-state index contributed by atoms with van der Waals surface area (Å²) in [4.78, 5) is 41.7. The first-order valence-corrected chi connectivity index (χ1v) is 10.7. The molecule has 2 aromatic rings. The largest absolute Gasteiger partial charge is 0.339 e. The molecular formula is C21H28N6O3. The highest BCUT2D eigenvalue weighted by molar-refractivity contribution is 5.96. The Labute approximate surface area is 175 Å². The molecule has 0 saturated carbocycles. The predicted molar refractivity (Wildman–Crippen MR) is 110 cm³/mol. The number of aryl methyl sites for hydroxylation is 1. The van der Waals surface area contributed by atoms with Crippen LogP contribution in [-0.2, 0) is 7.05 Å². The van der Waals surface area contributed by atoms with Gasteiger partial charge in [0.2, 0.25) is 0 Å². The van der Waals surface area contributed by atoms with Crippen LogP contribution >= 0.6 is 0 Å². The molecule has 2 saturated heterocycles. The SMILES string of the molecule is Cn1nc(C(=O)N2CCCC[C@H]2c2[nH]ncc2C(=O)N2CCCCCC2)ccc1=O. The number of amides is 2. The van der Waals surface area contributed by atoms with Crippen LogP contribution in [-0.4, -0.2) is 61.2 Å². The van der Waals surface area contributed by atoms with Crippen LogP contribution in [0.25, 0.3) is 0 Å². The fraction of sp³-hybridized carbons (Fsp3) is 0.571. The van der Waals surface area contributed by atoms with Crippen LogP contribution in [0, 0.1) is 0 Å². The number of carbonyl (C=O) groups is 2. The van der Waals surface area contributed by atoms with E-state index in [-0.39, 0.29) is 29.1 Å². The Balaban J connectivity index is 1.61. The third-order valence-corrected chi connectivity index (χ3v) is 6.07. The Morgan fingerprint density at radius 2 is 1.73 bits per heavy atom. The zero-order valence-electron chi connectivity index (χ0n) is 17.3. The molecule has 4 heterocycles. The van der Waals surface area contributed by atoms with E-state index in [4.69, 9.17) is 0 Å². The molecule has 30 heavy (non-hydrogen) atoms. The molecule has 160 valence electrons. The zero-order valence-corrected chi connectivity index (χ0v) is 17.3. The zero-order chi connectivity index (χ0) is 21.1. The Morgan fingerprint density at radius 1 is 1.00 bits per heavy atom. The molecule has 1 N–H and O–H groups in total. The minimum atomic E-state index is -0.265. The van der Waals surface area contributed by atoms with Crippen molar-refractivity contribution in [1.29, 1.82) is 0 Å². The number of aromatic nitrogens is 4. The summed E-state index contributed by atoms with van der Waals surface area (Å²) in [6.07, 6.45) is 8.53. The topological polar surface area (TPSA) is 104 Å². The third kappa shape index (κ3) is 4.01. The van der Waals surface area contributed by atoms with Crippen molar-refractivity contribution in [2.75, 3.05) is 19.6 Å². The van der Waals surface area contributed by atoms with Crippen LogP contribution in [0.4, 0.5) is 0 Å². The standard InChI is InChI=1S/C21H28N6O3/c1-25-18(28)10-9-16(24-25)21(30)27-13-7-4-8-17(27)19-15(14-22-23-19)20(29)26-11-5-2-3-6-12-26/h9-10,14,17H,2-8,11-13H2,1H3,(H,22,23)/t17-/m0/s1. The van der Waals surface area contributed by atoms with Crippen molar-refractivity contribution < 1.29 is 9.59 Å². The maximum Gasteiger partial charge on any atom is 0.274 e. The van der Waals surface area contributed by atoms with E-state index < -0.39 is 0 Å². The van der Waals surface area contributed by atoms with Crippen LogP contribution in [0.5, 0.6) is 0 Å². The number of H-pyrrole nitrogens is 1. The molecule has 0 aliphatic carbocycles. The number of piperidine rings is 1. The van der Waals surface area contributed by atoms with E-state index in [0.717, 1.165) is 62.7 Å². The molecule has 0 bridgehead atoms. The highest BCUT2D eigenvalue weighted by Gasteiger charge is 2.34. The second kappa shape index (κ2) is 8.81. The van der Waals surface area contributed by atoms with Crippen LogP contribution in [0.15, 0.2) is 23.1 Å². The molecule has 9 nitrogen and oxygen atoms in total. The fourth-order valence-electron chi connectivity index (χ4n) is 4.40. The molecule has 0 unspecified atom stereocenters. The maximum atomic E-state index is 13.2. The lowest BCUT2D eigenvalue weighted by Gasteiger charge is -2.35. The lowest BCUT2D eigenvalue weighted by molar-refractivity contribution is 0.0588. The van der Waals surface area contributed by atoms with Gasteiger partial charge in [-0.05, 0) is 38.2 Å². The molecule has 0 aromatic carbocycles. The first kappa shape index (κ1) is 20.3. The monoisotopic (exact) mass is 412 g/mol. The fourth-order valence-corrected chi connectivity index (χ4v) is 4.40. The minimum absolute atomic E-state index is 0.0149. The van der Waals surface area contributed by atoms with Gasteiger partial charge in [-0.25, -0.2) is 4.68 Å². The van der Waals surface area contributed by atoms with Gasteiger partial charge in [0, 0.05) is 32.7 Å². The van der Waals surface area contributed by atoms with Gasteiger partial charge < -0.3 is 9.80 Å². The molecule has 0 spiro atoms. The van der Waals surface area contributed by atoms with E-state index in [0.29, 0.717) is 17.8 Å². The second-order valence-electron chi connectivity index (χ2n) is 8.09. The van der Waals surface area contributed by atoms with Gasteiger partial charge in [0.15, 0.2) is 0 Å². The highest BCUT2D eigenvalue weighted by atomic mass is 16.2. The molecule has 0 radical (unpaired) electrons. The van der Waals surface area contributed by atoms with E-state index in [2.05, 4.69) is 15.3 Å². The summed E-state index contributed by atoms with van der Waals surface area (Å²) < 4.78 is 1.16. The number of nitrogens with zero attached hydrogens (tertiary/aromatic N) is 5. The van der Waals surface area contributed by atoms with Crippen LogP contribution < -0.4 is 5.56 Å². The van der Waals surface area contributed by atoms with E-state index in [1.807, 2.05) is 4.90 Å². The first-order valence-electron chi connectivity index (χ1n) is 10.7.